The molecule has 1 aromatic carbocycles. The van der Waals surface area contributed by atoms with E-state index in [1.165, 1.54) is 19.2 Å². The van der Waals surface area contributed by atoms with E-state index < -0.39 is 10.0 Å². The predicted molar refractivity (Wildman–Crippen MR) is 78.7 cm³/mol. The molecule has 2 rings (SSSR count). The molecular weight excluding hydrogens is 292 g/mol. The van der Waals surface area contributed by atoms with E-state index in [0.717, 1.165) is 18.6 Å². The van der Waals surface area contributed by atoms with E-state index in [9.17, 15) is 13.2 Å². The van der Waals surface area contributed by atoms with Crippen molar-refractivity contribution >= 4 is 15.9 Å². The summed E-state index contributed by atoms with van der Waals surface area (Å²) in [7, 11) is -2.21. The van der Waals surface area contributed by atoms with Gasteiger partial charge in [-0.25, -0.2) is 13.1 Å². The van der Waals surface area contributed by atoms with Crippen LogP contribution in [-0.4, -0.2) is 41.1 Å². The Bertz CT molecular complexity index is 622. The number of hydrogen-bond donors (Lipinski definition) is 2. The molecule has 7 heteroatoms. The largest absolute Gasteiger partial charge is 0.381 e. The maximum atomic E-state index is 12.2. The van der Waals surface area contributed by atoms with Crippen molar-refractivity contribution in [2.24, 2.45) is 5.92 Å². The van der Waals surface area contributed by atoms with E-state index in [1.54, 1.807) is 13.0 Å². The number of aryl methyl sites for hydroxylation is 1. The third-order valence-electron chi connectivity index (χ3n) is 3.61. The minimum atomic E-state index is -3.55. The van der Waals surface area contributed by atoms with Gasteiger partial charge in [-0.3, -0.25) is 4.79 Å². The first kappa shape index (κ1) is 15.9. The number of benzene rings is 1. The van der Waals surface area contributed by atoms with Crippen molar-refractivity contribution in [3.8, 4) is 0 Å². The fourth-order valence-electron chi connectivity index (χ4n) is 2.21. The molecule has 1 amide bonds. The minimum absolute atomic E-state index is 0.0879. The summed E-state index contributed by atoms with van der Waals surface area (Å²) in [5, 5.41) is 2.84. The highest BCUT2D eigenvalue weighted by atomic mass is 32.2. The number of ether oxygens (including phenoxy) is 1. The Kier molecular flexibility index (Phi) is 4.97. The number of carbonyl (C=O) groups excluding carboxylic acids is 1. The number of hydrogen-bond acceptors (Lipinski definition) is 4. The standard InChI is InChI=1S/C14H20N2O4S/c1-10-3-4-12(21(18,19)15-2)7-13(10)14(17)16-8-11-5-6-20-9-11/h3-4,7,11,15H,5-6,8-9H2,1-2H3,(H,16,17)/t11-/m0/s1. The van der Waals surface area contributed by atoms with Gasteiger partial charge in [0, 0.05) is 24.6 Å². The third-order valence-corrected chi connectivity index (χ3v) is 5.02. The van der Waals surface area contributed by atoms with Gasteiger partial charge in [0.25, 0.3) is 5.91 Å². The van der Waals surface area contributed by atoms with Gasteiger partial charge >= 0.3 is 0 Å². The summed E-state index contributed by atoms with van der Waals surface area (Å²) >= 11 is 0. The Morgan fingerprint density at radius 1 is 1.43 bits per heavy atom. The average molecular weight is 312 g/mol. The lowest BCUT2D eigenvalue weighted by Gasteiger charge is -2.12. The molecule has 0 bridgehead atoms. The first-order valence-corrected chi connectivity index (χ1v) is 8.32. The molecular formula is C14H20N2O4S. The van der Waals surface area contributed by atoms with Gasteiger partial charge in [0.05, 0.1) is 11.5 Å². The smallest absolute Gasteiger partial charge is 0.251 e. The lowest BCUT2D eigenvalue weighted by atomic mass is 10.1. The van der Waals surface area contributed by atoms with Crippen LogP contribution in [0.15, 0.2) is 23.1 Å². The molecule has 0 saturated carbocycles. The van der Waals surface area contributed by atoms with E-state index in [2.05, 4.69) is 10.0 Å². The SMILES string of the molecule is CNS(=O)(=O)c1ccc(C)c(C(=O)NC[C@@H]2CCOC2)c1. The zero-order valence-electron chi connectivity index (χ0n) is 12.2. The van der Waals surface area contributed by atoms with Crippen molar-refractivity contribution in [3.63, 3.8) is 0 Å². The summed E-state index contributed by atoms with van der Waals surface area (Å²) in [4.78, 5) is 12.3. The topological polar surface area (TPSA) is 84.5 Å². The van der Waals surface area contributed by atoms with E-state index in [-0.39, 0.29) is 10.8 Å². The number of sulfonamides is 1. The first-order chi connectivity index (χ1) is 9.94. The molecule has 6 nitrogen and oxygen atoms in total. The van der Waals surface area contributed by atoms with Crippen LogP contribution in [0.25, 0.3) is 0 Å². The highest BCUT2D eigenvalue weighted by molar-refractivity contribution is 7.89. The van der Waals surface area contributed by atoms with Crippen LogP contribution in [0.4, 0.5) is 0 Å². The molecule has 0 radical (unpaired) electrons. The maximum absolute atomic E-state index is 12.2. The second-order valence-electron chi connectivity index (χ2n) is 5.12. The van der Waals surface area contributed by atoms with Gasteiger partial charge in [-0.2, -0.15) is 0 Å². The molecule has 0 aromatic heterocycles. The summed E-state index contributed by atoms with van der Waals surface area (Å²) in [6.45, 7) is 3.72. The molecule has 2 N–H and O–H groups in total. The number of nitrogens with one attached hydrogen (secondary N) is 2. The highest BCUT2D eigenvalue weighted by Gasteiger charge is 2.19. The zero-order valence-corrected chi connectivity index (χ0v) is 13.0. The van der Waals surface area contributed by atoms with Crippen LogP contribution >= 0.6 is 0 Å². The Morgan fingerprint density at radius 2 is 2.19 bits per heavy atom. The molecule has 0 aliphatic carbocycles. The van der Waals surface area contributed by atoms with Crippen molar-refractivity contribution in [2.45, 2.75) is 18.2 Å². The fourth-order valence-corrected chi connectivity index (χ4v) is 2.96. The molecule has 1 heterocycles. The van der Waals surface area contributed by atoms with Crippen molar-refractivity contribution in [2.75, 3.05) is 26.8 Å². The Labute approximate surface area is 124 Å². The van der Waals surface area contributed by atoms with E-state index in [1.807, 2.05) is 0 Å². The maximum Gasteiger partial charge on any atom is 0.251 e. The van der Waals surface area contributed by atoms with E-state index in [0.29, 0.717) is 24.6 Å². The second-order valence-corrected chi connectivity index (χ2v) is 7.01. The van der Waals surface area contributed by atoms with Crippen LogP contribution in [0, 0.1) is 12.8 Å². The molecule has 0 unspecified atom stereocenters. The molecule has 0 spiro atoms. The Hall–Kier alpha value is -1.44. The summed E-state index contributed by atoms with van der Waals surface area (Å²) in [5.74, 6) is 0.0750. The molecule has 1 fully saturated rings. The normalized spacial score (nSPS) is 18.7. The fraction of sp³-hybridized carbons (Fsp3) is 0.500. The average Bonchev–Trinajstić information content (AvgIpc) is 2.98. The summed E-state index contributed by atoms with van der Waals surface area (Å²) in [5.41, 5.74) is 1.12. The molecule has 21 heavy (non-hydrogen) atoms. The summed E-state index contributed by atoms with van der Waals surface area (Å²) < 4.78 is 31.1. The number of amides is 1. The van der Waals surface area contributed by atoms with Gasteiger partial charge in [-0.1, -0.05) is 6.07 Å². The van der Waals surface area contributed by atoms with Crippen LogP contribution < -0.4 is 10.0 Å². The van der Waals surface area contributed by atoms with Crippen LogP contribution in [0.3, 0.4) is 0 Å². The first-order valence-electron chi connectivity index (χ1n) is 6.84. The van der Waals surface area contributed by atoms with E-state index >= 15 is 0 Å². The van der Waals surface area contributed by atoms with Gasteiger partial charge in [-0.15, -0.1) is 0 Å². The van der Waals surface area contributed by atoms with Gasteiger partial charge in [0.2, 0.25) is 10.0 Å². The van der Waals surface area contributed by atoms with Gasteiger partial charge in [0.15, 0.2) is 0 Å². The van der Waals surface area contributed by atoms with Gasteiger partial charge in [0.1, 0.15) is 0 Å². The second kappa shape index (κ2) is 6.55. The predicted octanol–water partition coefficient (Wildman–Crippen LogP) is 0.669. The molecule has 1 aliphatic rings. The van der Waals surface area contributed by atoms with Crippen LogP contribution in [-0.2, 0) is 14.8 Å². The Balaban J connectivity index is 2.14. The molecule has 116 valence electrons. The Morgan fingerprint density at radius 3 is 2.81 bits per heavy atom. The summed E-state index contributed by atoms with van der Waals surface area (Å²) in [6.07, 6.45) is 0.938. The monoisotopic (exact) mass is 312 g/mol. The summed E-state index contributed by atoms with van der Waals surface area (Å²) in [6, 6.07) is 4.53. The van der Waals surface area contributed by atoms with Crippen molar-refractivity contribution in [1.82, 2.24) is 10.0 Å². The lowest BCUT2D eigenvalue weighted by Crippen LogP contribution is -2.30. The lowest BCUT2D eigenvalue weighted by molar-refractivity contribution is 0.0944. The van der Waals surface area contributed by atoms with Crippen LogP contribution in [0.5, 0.6) is 0 Å². The van der Waals surface area contributed by atoms with Gasteiger partial charge < -0.3 is 10.1 Å². The molecule has 1 saturated heterocycles. The van der Waals surface area contributed by atoms with Crippen molar-refractivity contribution in [1.29, 1.82) is 0 Å². The quantitative estimate of drug-likeness (QED) is 0.837. The number of carbonyl (C=O) groups is 1. The van der Waals surface area contributed by atoms with Crippen LogP contribution in [0.1, 0.15) is 22.3 Å². The molecule has 1 aromatic rings. The molecule has 1 atom stereocenters. The molecule has 1 aliphatic heterocycles. The van der Waals surface area contributed by atoms with E-state index in [4.69, 9.17) is 4.74 Å². The van der Waals surface area contributed by atoms with Gasteiger partial charge in [-0.05, 0) is 38.1 Å². The zero-order chi connectivity index (χ0) is 15.5. The third kappa shape index (κ3) is 3.81. The minimum Gasteiger partial charge on any atom is -0.381 e. The van der Waals surface area contributed by atoms with Crippen molar-refractivity contribution in [3.05, 3.63) is 29.3 Å². The van der Waals surface area contributed by atoms with Crippen LogP contribution in [0.2, 0.25) is 0 Å². The highest BCUT2D eigenvalue weighted by Crippen LogP contribution is 2.16. The van der Waals surface area contributed by atoms with Crippen molar-refractivity contribution < 1.29 is 17.9 Å². The number of rotatable bonds is 5.